The summed E-state index contributed by atoms with van der Waals surface area (Å²) < 4.78 is 5.39. The van der Waals surface area contributed by atoms with Crippen molar-refractivity contribution >= 4 is 11.8 Å². The average molecular weight is 211 g/mol. The van der Waals surface area contributed by atoms with Gasteiger partial charge in [-0.25, -0.2) is 0 Å². The largest absolute Gasteiger partial charge is 0.468 e. The molecule has 1 aromatic heterocycles. The van der Waals surface area contributed by atoms with Gasteiger partial charge < -0.3 is 9.73 Å². The zero-order chi connectivity index (χ0) is 9.80. The summed E-state index contributed by atoms with van der Waals surface area (Å²) >= 11 is 2.05. The number of furan rings is 1. The Bertz CT molecular complexity index is 279. The van der Waals surface area contributed by atoms with Gasteiger partial charge in [0.1, 0.15) is 5.76 Å². The molecule has 78 valence electrons. The fourth-order valence-electron chi connectivity index (χ4n) is 1.72. The topological polar surface area (TPSA) is 25.2 Å². The molecule has 1 aromatic rings. The summed E-state index contributed by atoms with van der Waals surface area (Å²) in [5, 5.41) is 3.55. The zero-order valence-electron chi connectivity index (χ0n) is 8.58. The molecule has 2 heterocycles. The van der Waals surface area contributed by atoms with E-state index in [1.807, 2.05) is 6.07 Å². The molecule has 0 amide bonds. The molecule has 3 heteroatoms. The molecule has 0 radical (unpaired) electrons. The van der Waals surface area contributed by atoms with Crippen molar-refractivity contribution in [3.8, 4) is 0 Å². The quantitative estimate of drug-likeness (QED) is 0.832. The Kier molecular flexibility index (Phi) is 3.54. The van der Waals surface area contributed by atoms with E-state index in [9.17, 15) is 0 Å². The predicted molar refractivity (Wildman–Crippen MR) is 60.6 cm³/mol. The molecule has 1 fully saturated rings. The van der Waals surface area contributed by atoms with Crippen LogP contribution in [-0.4, -0.2) is 17.5 Å². The fourth-order valence-corrected chi connectivity index (χ4v) is 2.83. The van der Waals surface area contributed by atoms with Gasteiger partial charge in [-0.15, -0.1) is 0 Å². The highest BCUT2D eigenvalue weighted by molar-refractivity contribution is 7.99. The number of hydrogen-bond donors (Lipinski definition) is 1. The fraction of sp³-hybridized carbons (Fsp3) is 0.636. The SMILES string of the molecule is Cc1ccoc1CNC1CCCSC1. The highest BCUT2D eigenvalue weighted by atomic mass is 32.2. The van der Waals surface area contributed by atoms with Crippen LogP contribution in [0, 0.1) is 6.92 Å². The highest BCUT2D eigenvalue weighted by Gasteiger charge is 2.13. The van der Waals surface area contributed by atoms with Gasteiger partial charge in [0.05, 0.1) is 12.8 Å². The van der Waals surface area contributed by atoms with E-state index in [-0.39, 0.29) is 0 Å². The Balaban J connectivity index is 1.79. The van der Waals surface area contributed by atoms with Crippen LogP contribution in [0.4, 0.5) is 0 Å². The van der Waals surface area contributed by atoms with Crippen molar-refractivity contribution < 1.29 is 4.42 Å². The van der Waals surface area contributed by atoms with Crippen molar-refractivity contribution in [1.29, 1.82) is 0 Å². The van der Waals surface area contributed by atoms with Crippen LogP contribution in [0.1, 0.15) is 24.2 Å². The van der Waals surface area contributed by atoms with Gasteiger partial charge in [0.25, 0.3) is 0 Å². The van der Waals surface area contributed by atoms with E-state index in [0.29, 0.717) is 6.04 Å². The van der Waals surface area contributed by atoms with Crippen molar-refractivity contribution in [3.05, 3.63) is 23.7 Å². The standard InChI is InChI=1S/C11H17NOS/c1-9-4-5-13-11(9)7-12-10-3-2-6-14-8-10/h4-5,10,12H,2-3,6-8H2,1H3. The summed E-state index contributed by atoms with van der Waals surface area (Å²) in [4.78, 5) is 0. The van der Waals surface area contributed by atoms with Gasteiger partial charge in [0.15, 0.2) is 0 Å². The van der Waals surface area contributed by atoms with Crippen molar-refractivity contribution in [2.75, 3.05) is 11.5 Å². The van der Waals surface area contributed by atoms with E-state index in [4.69, 9.17) is 4.42 Å². The maximum atomic E-state index is 5.39. The van der Waals surface area contributed by atoms with Gasteiger partial charge in [-0.05, 0) is 37.1 Å². The molecule has 0 aliphatic carbocycles. The van der Waals surface area contributed by atoms with Gasteiger partial charge in [-0.3, -0.25) is 0 Å². The Morgan fingerprint density at radius 3 is 3.21 bits per heavy atom. The van der Waals surface area contributed by atoms with Crippen LogP contribution in [-0.2, 0) is 6.54 Å². The first-order chi connectivity index (χ1) is 6.86. The molecule has 0 saturated carbocycles. The predicted octanol–water partition coefficient (Wildman–Crippen LogP) is 2.57. The Hall–Kier alpha value is -0.410. The minimum absolute atomic E-state index is 0.679. The normalized spacial score (nSPS) is 22.5. The second-order valence-electron chi connectivity index (χ2n) is 3.82. The van der Waals surface area contributed by atoms with E-state index in [0.717, 1.165) is 12.3 Å². The third-order valence-electron chi connectivity index (χ3n) is 2.68. The summed E-state index contributed by atoms with van der Waals surface area (Å²) in [5.41, 5.74) is 1.25. The van der Waals surface area contributed by atoms with E-state index in [2.05, 4.69) is 24.0 Å². The van der Waals surface area contributed by atoms with Gasteiger partial charge >= 0.3 is 0 Å². The van der Waals surface area contributed by atoms with Crippen molar-refractivity contribution in [2.45, 2.75) is 32.4 Å². The van der Waals surface area contributed by atoms with Crippen LogP contribution in [0.5, 0.6) is 0 Å². The van der Waals surface area contributed by atoms with E-state index < -0.39 is 0 Å². The monoisotopic (exact) mass is 211 g/mol. The summed E-state index contributed by atoms with van der Waals surface area (Å²) in [6, 6.07) is 2.70. The molecule has 1 aliphatic rings. The Labute approximate surface area is 89.4 Å². The van der Waals surface area contributed by atoms with Gasteiger partial charge in [0.2, 0.25) is 0 Å². The van der Waals surface area contributed by atoms with Crippen LogP contribution in [0.3, 0.4) is 0 Å². The number of thioether (sulfide) groups is 1. The van der Waals surface area contributed by atoms with Crippen molar-refractivity contribution in [3.63, 3.8) is 0 Å². The maximum Gasteiger partial charge on any atom is 0.120 e. The molecule has 1 saturated heterocycles. The molecule has 14 heavy (non-hydrogen) atoms. The maximum absolute atomic E-state index is 5.39. The molecule has 0 spiro atoms. The second-order valence-corrected chi connectivity index (χ2v) is 4.97. The first kappa shape index (κ1) is 10.1. The molecule has 0 aromatic carbocycles. The van der Waals surface area contributed by atoms with Crippen LogP contribution in [0.2, 0.25) is 0 Å². The van der Waals surface area contributed by atoms with Gasteiger partial charge in [0, 0.05) is 11.8 Å². The zero-order valence-corrected chi connectivity index (χ0v) is 9.40. The summed E-state index contributed by atoms with van der Waals surface area (Å²) in [6.07, 6.45) is 4.42. The Morgan fingerprint density at radius 2 is 2.57 bits per heavy atom. The molecule has 2 nitrogen and oxygen atoms in total. The first-order valence-electron chi connectivity index (χ1n) is 5.20. The van der Waals surface area contributed by atoms with Crippen molar-refractivity contribution in [1.82, 2.24) is 5.32 Å². The average Bonchev–Trinajstić information content (AvgIpc) is 2.63. The molecule has 0 bridgehead atoms. The van der Waals surface area contributed by atoms with Crippen molar-refractivity contribution in [2.24, 2.45) is 0 Å². The van der Waals surface area contributed by atoms with Crippen LogP contribution in [0.15, 0.2) is 16.7 Å². The number of nitrogens with one attached hydrogen (secondary N) is 1. The number of hydrogen-bond acceptors (Lipinski definition) is 3. The molecule has 1 aliphatic heterocycles. The lowest BCUT2D eigenvalue weighted by Crippen LogP contribution is -2.33. The summed E-state index contributed by atoms with van der Waals surface area (Å²) in [5.74, 6) is 3.66. The molecular weight excluding hydrogens is 194 g/mol. The van der Waals surface area contributed by atoms with E-state index in [1.54, 1.807) is 6.26 Å². The highest BCUT2D eigenvalue weighted by Crippen LogP contribution is 2.17. The van der Waals surface area contributed by atoms with Crippen LogP contribution in [0.25, 0.3) is 0 Å². The smallest absolute Gasteiger partial charge is 0.120 e. The molecule has 1 atom stereocenters. The molecular formula is C11H17NOS. The van der Waals surface area contributed by atoms with Gasteiger partial charge in [-0.2, -0.15) is 11.8 Å². The summed E-state index contributed by atoms with van der Waals surface area (Å²) in [7, 11) is 0. The lowest BCUT2D eigenvalue weighted by Gasteiger charge is -2.22. The summed E-state index contributed by atoms with van der Waals surface area (Å²) in [6.45, 7) is 2.97. The Morgan fingerprint density at radius 1 is 1.64 bits per heavy atom. The molecule has 2 rings (SSSR count). The second kappa shape index (κ2) is 4.89. The lowest BCUT2D eigenvalue weighted by molar-refractivity contribution is 0.440. The lowest BCUT2D eigenvalue weighted by atomic mass is 10.2. The van der Waals surface area contributed by atoms with Crippen LogP contribution < -0.4 is 5.32 Å². The van der Waals surface area contributed by atoms with E-state index >= 15 is 0 Å². The number of aryl methyl sites for hydroxylation is 1. The first-order valence-corrected chi connectivity index (χ1v) is 6.36. The molecule has 1 unspecified atom stereocenters. The number of rotatable bonds is 3. The third-order valence-corrected chi connectivity index (χ3v) is 3.90. The minimum Gasteiger partial charge on any atom is -0.468 e. The third kappa shape index (κ3) is 2.55. The van der Waals surface area contributed by atoms with Gasteiger partial charge in [-0.1, -0.05) is 0 Å². The van der Waals surface area contributed by atoms with E-state index in [1.165, 1.54) is 29.9 Å². The molecule has 1 N–H and O–H groups in total. The van der Waals surface area contributed by atoms with Crippen LogP contribution >= 0.6 is 11.8 Å². The minimum atomic E-state index is 0.679.